The summed E-state index contributed by atoms with van der Waals surface area (Å²) in [7, 11) is 0. The summed E-state index contributed by atoms with van der Waals surface area (Å²) in [6.07, 6.45) is 2.96. The lowest BCUT2D eigenvalue weighted by atomic mass is 10.2. The van der Waals surface area contributed by atoms with Crippen LogP contribution in [0, 0.1) is 6.92 Å². The molecule has 0 spiro atoms. The number of allylic oxidation sites excluding steroid dienone is 1. The lowest BCUT2D eigenvalue weighted by molar-refractivity contribution is 0.641. The Kier molecular flexibility index (Phi) is 4.56. The van der Waals surface area contributed by atoms with Gasteiger partial charge in [-0.2, -0.15) is 5.10 Å². The second kappa shape index (κ2) is 5.71. The quantitative estimate of drug-likeness (QED) is 0.725. The first-order valence-corrected chi connectivity index (χ1v) is 5.57. The van der Waals surface area contributed by atoms with Crippen LogP contribution in [0.1, 0.15) is 31.5 Å². The number of nitrogens with one attached hydrogen (secondary N) is 1. The molecule has 0 aliphatic rings. The molecule has 0 bridgehead atoms. The van der Waals surface area contributed by atoms with Gasteiger partial charge in [-0.25, -0.2) is 0 Å². The zero-order valence-electron chi connectivity index (χ0n) is 10.0. The first kappa shape index (κ1) is 12.0. The van der Waals surface area contributed by atoms with Crippen LogP contribution >= 0.6 is 0 Å². The molecule has 0 aliphatic heterocycles. The molecule has 84 valence electrons. The first-order valence-electron chi connectivity index (χ1n) is 5.57. The predicted octanol–water partition coefficient (Wildman–Crippen LogP) is 2.27. The third-order valence-electron chi connectivity index (χ3n) is 2.64. The van der Waals surface area contributed by atoms with E-state index in [2.05, 4.69) is 37.8 Å². The van der Waals surface area contributed by atoms with Gasteiger partial charge in [0.25, 0.3) is 0 Å². The molecule has 1 N–H and O–H groups in total. The minimum Gasteiger partial charge on any atom is -0.313 e. The smallest absolute Gasteiger partial charge is 0.0619 e. The van der Waals surface area contributed by atoms with Crippen LogP contribution in [0.5, 0.6) is 0 Å². The molecule has 0 atom stereocenters. The molecule has 0 saturated heterocycles. The van der Waals surface area contributed by atoms with E-state index in [9.17, 15) is 0 Å². The maximum atomic E-state index is 4.37. The maximum Gasteiger partial charge on any atom is 0.0619 e. The van der Waals surface area contributed by atoms with Gasteiger partial charge in [0.1, 0.15) is 0 Å². The Bertz CT molecular complexity index is 326. The van der Waals surface area contributed by atoms with E-state index in [4.69, 9.17) is 0 Å². The van der Waals surface area contributed by atoms with Crippen molar-refractivity contribution < 1.29 is 0 Å². The van der Waals surface area contributed by atoms with Crippen molar-refractivity contribution in [3.05, 3.63) is 29.6 Å². The number of hydrogen-bond acceptors (Lipinski definition) is 2. The largest absolute Gasteiger partial charge is 0.313 e. The summed E-state index contributed by atoms with van der Waals surface area (Å²) in [6, 6.07) is 0. The van der Waals surface area contributed by atoms with Crippen LogP contribution in [0.25, 0.3) is 0 Å². The molecule has 1 aromatic heterocycles. The van der Waals surface area contributed by atoms with Crippen LogP contribution in [0.3, 0.4) is 0 Å². The summed E-state index contributed by atoms with van der Waals surface area (Å²) in [5, 5.41) is 7.68. The molecular weight excluding hydrogens is 186 g/mol. The van der Waals surface area contributed by atoms with Crippen molar-refractivity contribution >= 4 is 0 Å². The van der Waals surface area contributed by atoms with E-state index < -0.39 is 0 Å². The second-order valence-electron chi connectivity index (χ2n) is 3.80. The molecule has 0 radical (unpaired) electrons. The Balaban J connectivity index is 2.66. The molecule has 0 amide bonds. The molecule has 0 aliphatic carbocycles. The third kappa shape index (κ3) is 3.20. The third-order valence-corrected chi connectivity index (χ3v) is 2.64. The molecule has 0 unspecified atom stereocenters. The lowest BCUT2D eigenvalue weighted by Gasteiger charge is -2.06. The molecule has 0 fully saturated rings. The lowest BCUT2D eigenvalue weighted by Crippen LogP contribution is -2.12. The zero-order chi connectivity index (χ0) is 11.3. The van der Waals surface area contributed by atoms with E-state index in [1.807, 2.05) is 10.9 Å². The molecule has 1 aromatic rings. The number of rotatable bonds is 6. The van der Waals surface area contributed by atoms with E-state index in [1.54, 1.807) is 0 Å². The van der Waals surface area contributed by atoms with E-state index >= 15 is 0 Å². The van der Waals surface area contributed by atoms with E-state index in [0.717, 1.165) is 26.1 Å². The highest BCUT2D eigenvalue weighted by atomic mass is 15.3. The molecule has 3 nitrogen and oxygen atoms in total. The monoisotopic (exact) mass is 207 g/mol. The minimum absolute atomic E-state index is 0.842. The van der Waals surface area contributed by atoms with Crippen molar-refractivity contribution in [2.24, 2.45) is 0 Å². The summed E-state index contributed by atoms with van der Waals surface area (Å²) in [5.41, 5.74) is 3.74. The van der Waals surface area contributed by atoms with E-state index in [0.29, 0.717) is 0 Å². The van der Waals surface area contributed by atoms with Crippen LogP contribution in [0.15, 0.2) is 18.3 Å². The van der Waals surface area contributed by atoms with Crippen molar-refractivity contribution in [1.82, 2.24) is 15.1 Å². The van der Waals surface area contributed by atoms with Crippen molar-refractivity contribution in [3.8, 4) is 0 Å². The Morgan fingerprint density at radius 2 is 2.27 bits per heavy atom. The zero-order valence-corrected chi connectivity index (χ0v) is 10.0. The highest BCUT2D eigenvalue weighted by molar-refractivity contribution is 5.16. The van der Waals surface area contributed by atoms with Gasteiger partial charge in [-0.3, -0.25) is 4.68 Å². The Hall–Kier alpha value is -1.09. The minimum atomic E-state index is 0.842. The molecule has 15 heavy (non-hydrogen) atoms. The second-order valence-corrected chi connectivity index (χ2v) is 3.80. The van der Waals surface area contributed by atoms with Crippen LogP contribution < -0.4 is 5.32 Å². The summed E-state index contributed by atoms with van der Waals surface area (Å²) in [6.45, 7) is 13.1. The standard InChI is InChI=1S/C12H21N3/c1-5-10(3)9-15-11(4)12(8-14-15)7-13-6-2/h8,13H,3,5-7,9H2,1-2,4H3. The summed E-state index contributed by atoms with van der Waals surface area (Å²) in [4.78, 5) is 0. The van der Waals surface area contributed by atoms with Gasteiger partial charge in [-0.15, -0.1) is 0 Å². The summed E-state index contributed by atoms with van der Waals surface area (Å²) in [5.74, 6) is 0. The van der Waals surface area contributed by atoms with Gasteiger partial charge >= 0.3 is 0 Å². The molecule has 3 heteroatoms. The fourth-order valence-electron chi connectivity index (χ4n) is 1.40. The van der Waals surface area contributed by atoms with Gasteiger partial charge in [0, 0.05) is 17.8 Å². The van der Waals surface area contributed by atoms with Crippen molar-refractivity contribution in [2.45, 2.75) is 40.3 Å². The number of hydrogen-bond donors (Lipinski definition) is 1. The summed E-state index contributed by atoms with van der Waals surface area (Å²) < 4.78 is 2.03. The van der Waals surface area contributed by atoms with Crippen LogP contribution in [-0.2, 0) is 13.1 Å². The number of nitrogens with zero attached hydrogens (tertiary/aromatic N) is 2. The van der Waals surface area contributed by atoms with Crippen molar-refractivity contribution in [3.63, 3.8) is 0 Å². The highest BCUT2D eigenvalue weighted by Gasteiger charge is 2.05. The molecule has 1 rings (SSSR count). The fourth-order valence-corrected chi connectivity index (χ4v) is 1.40. The van der Waals surface area contributed by atoms with Crippen molar-refractivity contribution in [2.75, 3.05) is 6.54 Å². The van der Waals surface area contributed by atoms with Gasteiger partial charge in [0.2, 0.25) is 0 Å². The van der Waals surface area contributed by atoms with Crippen LogP contribution in [-0.4, -0.2) is 16.3 Å². The van der Waals surface area contributed by atoms with Gasteiger partial charge in [-0.1, -0.05) is 26.0 Å². The van der Waals surface area contributed by atoms with Gasteiger partial charge in [0.15, 0.2) is 0 Å². The Morgan fingerprint density at radius 1 is 1.53 bits per heavy atom. The Morgan fingerprint density at radius 3 is 2.87 bits per heavy atom. The van der Waals surface area contributed by atoms with Gasteiger partial charge in [-0.05, 0) is 19.9 Å². The predicted molar refractivity (Wildman–Crippen MR) is 63.8 cm³/mol. The summed E-state index contributed by atoms with van der Waals surface area (Å²) >= 11 is 0. The maximum absolute atomic E-state index is 4.37. The van der Waals surface area contributed by atoms with Crippen LogP contribution in [0.2, 0.25) is 0 Å². The van der Waals surface area contributed by atoms with Crippen molar-refractivity contribution in [1.29, 1.82) is 0 Å². The SMILES string of the molecule is C=C(CC)Cn1ncc(CNCC)c1C. The first-order chi connectivity index (χ1) is 7.19. The van der Waals surface area contributed by atoms with Gasteiger partial charge < -0.3 is 5.32 Å². The number of aromatic nitrogens is 2. The fraction of sp³-hybridized carbons (Fsp3) is 0.583. The molecule has 1 heterocycles. The van der Waals surface area contributed by atoms with E-state index in [1.165, 1.54) is 16.8 Å². The molecule has 0 aromatic carbocycles. The Labute approximate surface area is 92.2 Å². The normalized spacial score (nSPS) is 10.6. The topological polar surface area (TPSA) is 29.9 Å². The van der Waals surface area contributed by atoms with Crippen LogP contribution in [0.4, 0.5) is 0 Å². The molecular formula is C12H21N3. The average Bonchev–Trinajstić information content (AvgIpc) is 2.57. The van der Waals surface area contributed by atoms with E-state index in [-0.39, 0.29) is 0 Å². The van der Waals surface area contributed by atoms with Gasteiger partial charge in [0.05, 0.1) is 12.7 Å². The average molecular weight is 207 g/mol. The molecule has 0 saturated carbocycles. The highest BCUT2D eigenvalue weighted by Crippen LogP contribution is 2.09.